The van der Waals surface area contributed by atoms with Gasteiger partial charge in [0.1, 0.15) is 0 Å². The van der Waals surface area contributed by atoms with Gasteiger partial charge in [-0.15, -0.1) is 0 Å². The highest BCUT2D eigenvalue weighted by Gasteiger charge is 2.26. The predicted octanol–water partition coefficient (Wildman–Crippen LogP) is 2.76. The normalized spacial score (nSPS) is 18.3. The van der Waals surface area contributed by atoms with Crippen molar-refractivity contribution in [3.05, 3.63) is 42.0 Å². The number of pyridine rings is 1. The zero-order valence-electron chi connectivity index (χ0n) is 13.0. The van der Waals surface area contributed by atoms with Crippen molar-refractivity contribution in [2.75, 3.05) is 18.4 Å². The van der Waals surface area contributed by atoms with Crippen LogP contribution >= 0.6 is 0 Å². The van der Waals surface area contributed by atoms with E-state index in [-0.39, 0.29) is 12.1 Å². The number of hydrogen-bond donors (Lipinski definition) is 1. The quantitative estimate of drug-likeness (QED) is 0.927. The minimum Gasteiger partial charge on any atom is -0.322 e. The van der Waals surface area contributed by atoms with Crippen LogP contribution in [0.5, 0.6) is 0 Å². The van der Waals surface area contributed by atoms with Gasteiger partial charge in [-0.3, -0.25) is 9.67 Å². The summed E-state index contributed by atoms with van der Waals surface area (Å²) in [6, 6.07) is 5.86. The molecule has 6 nitrogen and oxygen atoms in total. The number of nitrogens with zero attached hydrogens (tertiary/aromatic N) is 4. The number of piperidine rings is 1. The molecule has 1 saturated heterocycles. The molecule has 1 aliphatic rings. The van der Waals surface area contributed by atoms with Crippen LogP contribution in [0, 0.1) is 13.8 Å². The van der Waals surface area contributed by atoms with Gasteiger partial charge < -0.3 is 10.2 Å². The lowest BCUT2D eigenvalue weighted by atomic mass is 10.1. The SMILES string of the molecule is Cc1cc(C)n(C2CCCN(C(=O)Nc3ccncc3)C2)n1. The molecule has 1 unspecified atom stereocenters. The second-order valence-corrected chi connectivity index (χ2v) is 5.78. The summed E-state index contributed by atoms with van der Waals surface area (Å²) in [6.45, 7) is 5.54. The van der Waals surface area contributed by atoms with E-state index in [9.17, 15) is 4.79 Å². The molecule has 0 spiro atoms. The molecule has 2 aromatic heterocycles. The van der Waals surface area contributed by atoms with E-state index in [4.69, 9.17) is 0 Å². The average molecular weight is 299 g/mol. The molecule has 0 bridgehead atoms. The smallest absolute Gasteiger partial charge is 0.321 e. The largest absolute Gasteiger partial charge is 0.322 e. The van der Waals surface area contributed by atoms with Gasteiger partial charge in [-0.25, -0.2) is 4.79 Å². The Balaban J connectivity index is 1.68. The van der Waals surface area contributed by atoms with Crippen molar-refractivity contribution in [1.29, 1.82) is 0 Å². The predicted molar refractivity (Wildman–Crippen MR) is 84.8 cm³/mol. The number of aryl methyl sites for hydroxylation is 2. The Labute approximate surface area is 130 Å². The van der Waals surface area contributed by atoms with E-state index in [1.54, 1.807) is 24.5 Å². The third kappa shape index (κ3) is 3.10. The highest BCUT2D eigenvalue weighted by atomic mass is 16.2. The third-order valence-corrected chi connectivity index (χ3v) is 4.01. The molecule has 2 aromatic rings. The number of nitrogens with one attached hydrogen (secondary N) is 1. The van der Waals surface area contributed by atoms with Crippen LogP contribution in [0.2, 0.25) is 0 Å². The molecule has 22 heavy (non-hydrogen) atoms. The fourth-order valence-corrected chi connectivity index (χ4v) is 2.99. The Morgan fingerprint density at radius 2 is 2.09 bits per heavy atom. The Morgan fingerprint density at radius 1 is 1.32 bits per heavy atom. The molecule has 3 heterocycles. The summed E-state index contributed by atoms with van der Waals surface area (Å²) in [5.41, 5.74) is 2.95. The van der Waals surface area contributed by atoms with Crippen molar-refractivity contribution < 1.29 is 4.79 Å². The van der Waals surface area contributed by atoms with E-state index in [2.05, 4.69) is 33.1 Å². The van der Waals surface area contributed by atoms with Crippen LogP contribution in [0.3, 0.4) is 0 Å². The van der Waals surface area contributed by atoms with Crippen molar-refractivity contribution >= 4 is 11.7 Å². The number of aromatic nitrogens is 3. The number of rotatable bonds is 2. The topological polar surface area (TPSA) is 63.1 Å². The minimum absolute atomic E-state index is 0.0579. The first-order valence-electron chi connectivity index (χ1n) is 7.62. The van der Waals surface area contributed by atoms with Crippen LogP contribution in [-0.4, -0.2) is 38.8 Å². The fraction of sp³-hybridized carbons (Fsp3) is 0.438. The number of hydrogen-bond acceptors (Lipinski definition) is 3. The molecule has 0 radical (unpaired) electrons. The van der Waals surface area contributed by atoms with Crippen molar-refractivity contribution in [2.24, 2.45) is 0 Å². The number of urea groups is 1. The third-order valence-electron chi connectivity index (χ3n) is 4.01. The van der Waals surface area contributed by atoms with Gasteiger partial charge in [-0.05, 0) is 44.9 Å². The summed E-state index contributed by atoms with van der Waals surface area (Å²) in [7, 11) is 0. The van der Waals surface area contributed by atoms with Gasteiger partial charge in [0.2, 0.25) is 0 Å². The molecular weight excluding hydrogens is 278 g/mol. The number of carbonyl (C=O) groups excluding carboxylic acids is 1. The molecule has 0 aliphatic carbocycles. The Morgan fingerprint density at radius 3 is 2.77 bits per heavy atom. The Bertz CT molecular complexity index is 652. The number of carbonyl (C=O) groups is 1. The van der Waals surface area contributed by atoms with Gasteiger partial charge >= 0.3 is 6.03 Å². The average Bonchev–Trinajstić information content (AvgIpc) is 2.87. The van der Waals surface area contributed by atoms with Crippen molar-refractivity contribution in [2.45, 2.75) is 32.7 Å². The maximum atomic E-state index is 12.4. The molecule has 1 atom stereocenters. The molecule has 3 rings (SSSR count). The highest BCUT2D eigenvalue weighted by molar-refractivity contribution is 5.89. The molecule has 1 aliphatic heterocycles. The van der Waals surface area contributed by atoms with Crippen molar-refractivity contribution in [3.63, 3.8) is 0 Å². The summed E-state index contributed by atoms with van der Waals surface area (Å²) in [6.07, 6.45) is 5.39. The van der Waals surface area contributed by atoms with Crippen LogP contribution in [0.25, 0.3) is 0 Å². The summed E-state index contributed by atoms with van der Waals surface area (Å²) >= 11 is 0. The Hall–Kier alpha value is -2.37. The summed E-state index contributed by atoms with van der Waals surface area (Å²) < 4.78 is 2.06. The minimum atomic E-state index is -0.0579. The summed E-state index contributed by atoms with van der Waals surface area (Å²) in [5.74, 6) is 0. The summed E-state index contributed by atoms with van der Waals surface area (Å²) in [4.78, 5) is 18.2. The van der Waals surface area contributed by atoms with Crippen LogP contribution in [0.15, 0.2) is 30.6 Å². The van der Waals surface area contributed by atoms with E-state index in [0.717, 1.165) is 36.5 Å². The molecule has 2 amide bonds. The second-order valence-electron chi connectivity index (χ2n) is 5.78. The van der Waals surface area contributed by atoms with Gasteiger partial charge in [0, 0.05) is 36.9 Å². The van der Waals surface area contributed by atoms with Gasteiger partial charge in [0.15, 0.2) is 0 Å². The number of likely N-dealkylation sites (tertiary alicyclic amines) is 1. The van der Waals surface area contributed by atoms with Crippen LogP contribution in [0.1, 0.15) is 30.3 Å². The lowest BCUT2D eigenvalue weighted by molar-refractivity contribution is 0.174. The van der Waals surface area contributed by atoms with E-state index in [1.807, 2.05) is 11.8 Å². The first-order valence-corrected chi connectivity index (χ1v) is 7.62. The first kappa shape index (κ1) is 14.6. The van der Waals surface area contributed by atoms with Gasteiger partial charge in [-0.1, -0.05) is 0 Å². The van der Waals surface area contributed by atoms with Gasteiger partial charge in [-0.2, -0.15) is 5.10 Å². The lowest BCUT2D eigenvalue weighted by Gasteiger charge is -2.33. The molecule has 1 N–H and O–H groups in total. The zero-order chi connectivity index (χ0) is 15.5. The maximum Gasteiger partial charge on any atom is 0.321 e. The fourth-order valence-electron chi connectivity index (χ4n) is 2.99. The molecule has 1 fully saturated rings. The van der Waals surface area contributed by atoms with E-state index >= 15 is 0 Å². The zero-order valence-corrected chi connectivity index (χ0v) is 13.0. The van der Waals surface area contributed by atoms with Gasteiger partial charge in [0.25, 0.3) is 0 Å². The number of anilines is 1. The summed E-state index contributed by atoms with van der Waals surface area (Å²) in [5, 5.41) is 7.48. The molecule has 0 aromatic carbocycles. The van der Waals surface area contributed by atoms with Crippen LogP contribution in [-0.2, 0) is 0 Å². The molecule has 116 valence electrons. The second kappa shape index (κ2) is 6.17. The number of amides is 2. The molecule has 6 heteroatoms. The standard InChI is InChI=1S/C16H21N5O/c1-12-10-13(2)21(19-12)15-4-3-9-20(11-15)16(22)18-14-5-7-17-8-6-14/h5-8,10,15H,3-4,9,11H2,1-2H3,(H,17,18,22). The first-order chi connectivity index (χ1) is 10.6. The monoisotopic (exact) mass is 299 g/mol. The Kier molecular flexibility index (Phi) is 4.09. The van der Waals surface area contributed by atoms with Crippen molar-refractivity contribution in [3.8, 4) is 0 Å². The van der Waals surface area contributed by atoms with E-state index in [1.165, 1.54) is 0 Å². The van der Waals surface area contributed by atoms with Crippen LogP contribution < -0.4 is 5.32 Å². The lowest BCUT2D eigenvalue weighted by Crippen LogP contribution is -2.43. The molecular formula is C16H21N5O. The van der Waals surface area contributed by atoms with E-state index in [0.29, 0.717) is 6.54 Å². The van der Waals surface area contributed by atoms with Gasteiger partial charge in [0.05, 0.1) is 11.7 Å². The van der Waals surface area contributed by atoms with E-state index < -0.39 is 0 Å². The maximum absolute atomic E-state index is 12.4. The highest BCUT2D eigenvalue weighted by Crippen LogP contribution is 2.23. The molecule has 0 saturated carbocycles. The van der Waals surface area contributed by atoms with Crippen LogP contribution in [0.4, 0.5) is 10.5 Å². The van der Waals surface area contributed by atoms with Crippen molar-refractivity contribution in [1.82, 2.24) is 19.7 Å².